The fraction of sp³-hybridized carbons (Fsp3) is 0.667. The average molecular weight is 210 g/mol. The number of halogens is 7. The van der Waals surface area contributed by atoms with Crippen molar-refractivity contribution < 1.29 is 30.7 Å². The Morgan fingerprint density at radius 1 is 1.08 bits per heavy atom. The van der Waals surface area contributed by atoms with Gasteiger partial charge in [-0.25, -0.2) is 13.2 Å². The molecule has 0 aliphatic carbocycles. The van der Waals surface area contributed by atoms with Crippen LogP contribution in [0, 0.1) is 0 Å². The summed E-state index contributed by atoms with van der Waals surface area (Å²) in [6.45, 7) is 0.199. The Balaban J connectivity index is 4.86. The molecule has 0 N–H and O–H groups in total. The van der Waals surface area contributed by atoms with Crippen LogP contribution in [-0.4, -0.2) is 18.5 Å². The molecule has 0 spiro atoms. The second-order valence-electron chi connectivity index (χ2n) is 2.24. The Bertz CT molecular complexity index is 203. The van der Waals surface area contributed by atoms with Gasteiger partial charge in [0.05, 0.1) is 5.57 Å². The van der Waals surface area contributed by atoms with Gasteiger partial charge < -0.3 is 0 Å². The SMILES string of the molecule is CC(=C(F)F)C(F)(F)C(F)C(F)F. The highest BCUT2D eigenvalue weighted by molar-refractivity contribution is 5.13. The van der Waals surface area contributed by atoms with Gasteiger partial charge in [0.2, 0.25) is 6.17 Å². The van der Waals surface area contributed by atoms with Crippen LogP contribution in [0.5, 0.6) is 0 Å². The van der Waals surface area contributed by atoms with Crippen LogP contribution >= 0.6 is 0 Å². The Hall–Kier alpha value is -0.750. The molecule has 1 atom stereocenters. The second-order valence-corrected chi connectivity index (χ2v) is 2.24. The van der Waals surface area contributed by atoms with Crippen molar-refractivity contribution in [2.45, 2.75) is 25.4 Å². The van der Waals surface area contributed by atoms with E-state index in [0.717, 1.165) is 0 Å². The molecule has 0 bridgehead atoms. The van der Waals surface area contributed by atoms with Gasteiger partial charge in [0.25, 0.3) is 12.5 Å². The summed E-state index contributed by atoms with van der Waals surface area (Å²) in [7, 11) is 0. The van der Waals surface area contributed by atoms with Crippen molar-refractivity contribution in [3.63, 3.8) is 0 Å². The fourth-order valence-corrected chi connectivity index (χ4v) is 0.491. The van der Waals surface area contributed by atoms with Crippen molar-refractivity contribution in [2.75, 3.05) is 0 Å². The molecule has 0 aromatic rings. The van der Waals surface area contributed by atoms with Gasteiger partial charge in [-0.3, -0.25) is 0 Å². The zero-order valence-corrected chi connectivity index (χ0v) is 6.30. The number of rotatable bonds is 3. The van der Waals surface area contributed by atoms with E-state index in [1.165, 1.54) is 0 Å². The fourth-order valence-electron chi connectivity index (χ4n) is 0.491. The Kier molecular flexibility index (Phi) is 3.74. The normalized spacial score (nSPS) is 14.5. The van der Waals surface area contributed by atoms with Crippen molar-refractivity contribution in [3.05, 3.63) is 11.7 Å². The third-order valence-corrected chi connectivity index (χ3v) is 1.35. The van der Waals surface area contributed by atoms with Crippen LogP contribution in [0.3, 0.4) is 0 Å². The first-order valence-electron chi connectivity index (χ1n) is 3.03. The minimum Gasteiger partial charge on any atom is -0.234 e. The molecule has 0 aromatic heterocycles. The Morgan fingerprint density at radius 3 is 1.69 bits per heavy atom. The van der Waals surface area contributed by atoms with E-state index in [1.807, 2.05) is 0 Å². The van der Waals surface area contributed by atoms with Crippen LogP contribution in [0.25, 0.3) is 0 Å². The van der Waals surface area contributed by atoms with Crippen molar-refractivity contribution >= 4 is 0 Å². The molecule has 0 radical (unpaired) electrons. The predicted molar refractivity (Wildman–Crippen MR) is 30.8 cm³/mol. The van der Waals surface area contributed by atoms with E-state index in [4.69, 9.17) is 0 Å². The van der Waals surface area contributed by atoms with Crippen LogP contribution < -0.4 is 0 Å². The standard InChI is InChI=1S/C6H5F7/c1-2(4(8)9)6(12,13)3(7)5(10)11/h3,5H,1H3. The van der Waals surface area contributed by atoms with Gasteiger partial charge in [0, 0.05) is 0 Å². The van der Waals surface area contributed by atoms with Gasteiger partial charge in [0.15, 0.2) is 0 Å². The molecule has 0 aliphatic rings. The van der Waals surface area contributed by atoms with Gasteiger partial charge in [0.1, 0.15) is 0 Å². The minimum absolute atomic E-state index is 0.199. The summed E-state index contributed by atoms with van der Waals surface area (Å²) < 4.78 is 82.6. The zero-order chi connectivity index (χ0) is 10.8. The van der Waals surface area contributed by atoms with E-state index < -0.39 is 30.2 Å². The molecule has 78 valence electrons. The molecule has 0 saturated heterocycles. The first kappa shape index (κ1) is 12.2. The first-order chi connectivity index (χ1) is 5.71. The number of alkyl halides is 5. The Labute approximate surface area is 69.0 Å². The summed E-state index contributed by atoms with van der Waals surface area (Å²) in [6.07, 6.45) is -10.8. The lowest BCUT2D eigenvalue weighted by molar-refractivity contribution is -0.104. The average Bonchev–Trinajstić information content (AvgIpc) is 2.01. The maximum absolute atomic E-state index is 12.3. The highest BCUT2D eigenvalue weighted by atomic mass is 19.3. The summed E-state index contributed by atoms with van der Waals surface area (Å²) >= 11 is 0. The molecule has 0 nitrogen and oxygen atoms in total. The van der Waals surface area contributed by atoms with Crippen LogP contribution in [-0.2, 0) is 0 Å². The van der Waals surface area contributed by atoms with E-state index in [1.54, 1.807) is 0 Å². The summed E-state index contributed by atoms with van der Waals surface area (Å²) in [4.78, 5) is 0. The zero-order valence-electron chi connectivity index (χ0n) is 6.30. The van der Waals surface area contributed by atoms with E-state index >= 15 is 0 Å². The van der Waals surface area contributed by atoms with E-state index in [-0.39, 0.29) is 6.92 Å². The van der Waals surface area contributed by atoms with Gasteiger partial charge in [-0.1, -0.05) is 0 Å². The molecule has 1 unspecified atom stereocenters. The molecule has 7 heteroatoms. The smallest absolute Gasteiger partial charge is 0.234 e. The third kappa shape index (κ3) is 2.60. The topological polar surface area (TPSA) is 0 Å². The van der Waals surface area contributed by atoms with Crippen LogP contribution in [0.2, 0.25) is 0 Å². The lowest BCUT2D eigenvalue weighted by Crippen LogP contribution is -2.36. The summed E-state index contributed by atoms with van der Waals surface area (Å²) in [6, 6.07) is 0. The van der Waals surface area contributed by atoms with Crippen molar-refractivity contribution in [3.8, 4) is 0 Å². The molecule has 0 amide bonds. The van der Waals surface area contributed by atoms with Crippen LogP contribution in [0.4, 0.5) is 30.7 Å². The Morgan fingerprint density at radius 2 is 1.46 bits per heavy atom. The molecule has 0 aromatic carbocycles. The first-order valence-corrected chi connectivity index (χ1v) is 3.03. The largest absolute Gasteiger partial charge is 0.310 e. The van der Waals surface area contributed by atoms with Crippen LogP contribution in [0.1, 0.15) is 6.92 Å². The van der Waals surface area contributed by atoms with E-state index in [0.29, 0.717) is 0 Å². The molecule has 0 saturated carbocycles. The van der Waals surface area contributed by atoms with Crippen LogP contribution in [0.15, 0.2) is 11.7 Å². The minimum atomic E-state index is -4.83. The number of hydrogen-bond acceptors (Lipinski definition) is 0. The molecular formula is C6H5F7. The highest BCUT2D eigenvalue weighted by Gasteiger charge is 2.49. The summed E-state index contributed by atoms with van der Waals surface area (Å²) in [5, 5.41) is 0. The quantitative estimate of drug-likeness (QED) is 0.626. The van der Waals surface area contributed by atoms with Gasteiger partial charge in [-0.15, -0.1) is 0 Å². The summed E-state index contributed by atoms with van der Waals surface area (Å²) in [5.41, 5.74) is -1.97. The maximum atomic E-state index is 12.3. The third-order valence-electron chi connectivity index (χ3n) is 1.35. The number of hydrogen-bond donors (Lipinski definition) is 0. The molecule has 0 heterocycles. The monoisotopic (exact) mass is 210 g/mol. The predicted octanol–water partition coefficient (Wildman–Crippen LogP) is 3.40. The molecule has 0 fully saturated rings. The molecule has 0 aliphatic heterocycles. The van der Waals surface area contributed by atoms with Gasteiger partial charge >= 0.3 is 5.92 Å². The van der Waals surface area contributed by atoms with Crippen molar-refractivity contribution in [2.24, 2.45) is 0 Å². The molecule has 0 rings (SSSR count). The van der Waals surface area contributed by atoms with E-state index in [9.17, 15) is 30.7 Å². The highest BCUT2D eigenvalue weighted by Crippen LogP contribution is 2.35. The lowest BCUT2D eigenvalue weighted by Gasteiger charge is -2.19. The van der Waals surface area contributed by atoms with Gasteiger partial charge in [-0.2, -0.15) is 17.6 Å². The van der Waals surface area contributed by atoms with Crippen molar-refractivity contribution in [1.82, 2.24) is 0 Å². The van der Waals surface area contributed by atoms with E-state index in [2.05, 4.69) is 0 Å². The number of allylic oxidation sites excluding steroid dienone is 1. The van der Waals surface area contributed by atoms with Gasteiger partial charge in [-0.05, 0) is 6.92 Å². The maximum Gasteiger partial charge on any atom is 0.310 e. The van der Waals surface area contributed by atoms with Crippen molar-refractivity contribution in [1.29, 1.82) is 0 Å². The summed E-state index contributed by atoms with van der Waals surface area (Å²) in [5.74, 6) is -4.83. The second kappa shape index (κ2) is 3.97. The lowest BCUT2D eigenvalue weighted by atomic mass is 10.1. The molecular weight excluding hydrogens is 205 g/mol. The molecule has 13 heavy (non-hydrogen) atoms.